The fraction of sp³-hybridized carbons (Fsp3) is 0.435. The summed E-state index contributed by atoms with van der Waals surface area (Å²) in [5.74, 6) is -0.567. The van der Waals surface area contributed by atoms with E-state index in [1.165, 1.54) is 25.7 Å². The molecule has 1 unspecified atom stereocenters. The average molecular weight is 390 g/mol. The highest BCUT2D eigenvalue weighted by Crippen LogP contribution is 2.25. The molecule has 0 saturated heterocycles. The van der Waals surface area contributed by atoms with E-state index in [4.69, 9.17) is 4.74 Å². The van der Waals surface area contributed by atoms with Crippen LogP contribution in [0.1, 0.15) is 56.6 Å². The van der Waals surface area contributed by atoms with Gasteiger partial charge in [-0.25, -0.2) is 0 Å². The second-order valence-corrected chi connectivity index (χ2v) is 6.77. The van der Waals surface area contributed by atoms with Crippen molar-refractivity contribution in [2.45, 2.75) is 51.5 Å². The zero-order chi connectivity index (χ0) is 18.6. The summed E-state index contributed by atoms with van der Waals surface area (Å²) in [4.78, 5) is 12.7. The monoisotopic (exact) mass is 389 g/mol. The number of unbranched alkanes of at least 4 members (excludes halogenated alkanes) is 2. The minimum Gasteiger partial charge on any atom is -0.464 e. The lowest BCUT2D eigenvalue weighted by atomic mass is 9.91. The summed E-state index contributed by atoms with van der Waals surface area (Å²) in [6, 6.07) is 20.1. The van der Waals surface area contributed by atoms with Gasteiger partial charge in [-0.3, -0.25) is 4.79 Å². The lowest BCUT2D eigenvalue weighted by Crippen LogP contribution is -2.30. The molecule has 2 aromatic rings. The first-order valence-corrected chi connectivity index (χ1v) is 9.72. The van der Waals surface area contributed by atoms with Crippen molar-refractivity contribution in [2.24, 2.45) is 0 Å². The standard InChI is InChI=1S/C23H31NO2.ClH/c1-3-4-7-12-19(2)24-17-18-26-23(25)22(20-13-8-5-9-14-20)21-15-10-6-11-16-21;/h5-6,8-11,13-16,19,22,24H,3-4,7,12,17-18H2,1-2H3;1H. The van der Waals surface area contributed by atoms with Gasteiger partial charge in [0.15, 0.2) is 0 Å². The molecule has 0 heterocycles. The molecule has 148 valence electrons. The van der Waals surface area contributed by atoms with Crippen LogP contribution in [0, 0.1) is 0 Å². The van der Waals surface area contributed by atoms with Crippen molar-refractivity contribution in [3.05, 3.63) is 71.8 Å². The van der Waals surface area contributed by atoms with E-state index in [1.54, 1.807) is 0 Å². The van der Waals surface area contributed by atoms with Gasteiger partial charge in [0, 0.05) is 12.6 Å². The third-order valence-corrected chi connectivity index (χ3v) is 4.58. The largest absolute Gasteiger partial charge is 0.464 e. The van der Waals surface area contributed by atoms with Crippen molar-refractivity contribution in [2.75, 3.05) is 13.2 Å². The van der Waals surface area contributed by atoms with Gasteiger partial charge in [-0.1, -0.05) is 86.8 Å². The predicted molar refractivity (Wildman–Crippen MR) is 115 cm³/mol. The fourth-order valence-electron chi connectivity index (χ4n) is 3.10. The van der Waals surface area contributed by atoms with Crippen LogP contribution in [-0.4, -0.2) is 25.2 Å². The molecule has 1 N–H and O–H groups in total. The number of hydrogen-bond acceptors (Lipinski definition) is 3. The van der Waals surface area contributed by atoms with E-state index in [2.05, 4.69) is 19.2 Å². The number of carbonyl (C=O) groups excluding carboxylic acids is 1. The van der Waals surface area contributed by atoms with Crippen molar-refractivity contribution in [3.8, 4) is 0 Å². The first-order chi connectivity index (χ1) is 12.7. The smallest absolute Gasteiger partial charge is 0.317 e. The second kappa shape index (κ2) is 13.3. The molecule has 0 saturated carbocycles. The third-order valence-electron chi connectivity index (χ3n) is 4.58. The second-order valence-electron chi connectivity index (χ2n) is 6.77. The Morgan fingerprint density at radius 2 is 1.52 bits per heavy atom. The normalized spacial score (nSPS) is 11.7. The van der Waals surface area contributed by atoms with Crippen LogP contribution in [0.5, 0.6) is 0 Å². The summed E-state index contributed by atoms with van der Waals surface area (Å²) in [6.07, 6.45) is 4.93. The highest BCUT2D eigenvalue weighted by Gasteiger charge is 2.23. The molecule has 27 heavy (non-hydrogen) atoms. The van der Waals surface area contributed by atoms with Crippen molar-refractivity contribution < 1.29 is 9.53 Å². The molecular formula is C23H32ClNO2. The lowest BCUT2D eigenvalue weighted by molar-refractivity contribution is -0.144. The molecule has 0 aliphatic rings. The van der Waals surface area contributed by atoms with Crippen LogP contribution in [0.2, 0.25) is 0 Å². The number of esters is 1. The van der Waals surface area contributed by atoms with Gasteiger partial charge in [0.05, 0.1) is 0 Å². The van der Waals surface area contributed by atoms with E-state index in [9.17, 15) is 4.79 Å². The zero-order valence-corrected chi connectivity index (χ0v) is 17.2. The summed E-state index contributed by atoms with van der Waals surface area (Å²) >= 11 is 0. The number of carbonyl (C=O) groups is 1. The van der Waals surface area contributed by atoms with Crippen LogP contribution < -0.4 is 5.32 Å². The minimum atomic E-state index is -0.376. The average Bonchev–Trinajstić information content (AvgIpc) is 2.67. The van der Waals surface area contributed by atoms with Crippen molar-refractivity contribution in [1.82, 2.24) is 5.32 Å². The van der Waals surface area contributed by atoms with Crippen LogP contribution in [0.15, 0.2) is 60.7 Å². The van der Waals surface area contributed by atoms with Gasteiger partial charge in [0.2, 0.25) is 0 Å². The molecule has 0 bridgehead atoms. The highest BCUT2D eigenvalue weighted by atomic mass is 35.5. The topological polar surface area (TPSA) is 38.3 Å². The predicted octanol–water partition coefficient (Wildman–Crippen LogP) is 5.34. The van der Waals surface area contributed by atoms with Crippen LogP contribution in [0.25, 0.3) is 0 Å². The SMILES string of the molecule is CCCCCC(C)NCCOC(=O)C(c1ccccc1)c1ccccc1.Cl. The van der Waals surface area contributed by atoms with E-state index in [0.29, 0.717) is 19.2 Å². The quantitative estimate of drug-likeness (QED) is 0.416. The van der Waals surface area contributed by atoms with Gasteiger partial charge in [-0.05, 0) is 24.5 Å². The zero-order valence-electron chi connectivity index (χ0n) is 16.4. The number of hydrogen-bond donors (Lipinski definition) is 1. The van der Waals surface area contributed by atoms with E-state index < -0.39 is 0 Å². The first kappa shape index (κ1) is 23.2. The lowest BCUT2D eigenvalue weighted by Gasteiger charge is -2.18. The minimum absolute atomic E-state index is 0. The number of benzene rings is 2. The number of rotatable bonds is 11. The fourth-order valence-corrected chi connectivity index (χ4v) is 3.10. The summed E-state index contributed by atoms with van der Waals surface area (Å²) in [7, 11) is 0. The maximum Gasteiger partial charge on any atom is 0.317 e. The Morgan fingerprint density at radius 1 is 0.963 bits per heavy atom. The number of halogens is 1. The molecular weight excluding hydrogens is 358 g/mol. The summed E-state index contributed by atoms with van der Waals surface area (Å²) in [5.41, 5.74) is 1.93. The van der Waals surface area contributed by atoms with Crippen molar-refractivity contribution >= 4 is 18.4 Å². The van der Waals surface area contributed by atoms with Gasteiger partial charge in [-0.2, -0.15) is 0 Å². The summed E-state index contributed by atoms with van der Waals surface area (Å²) in [5, 5.41) is 3.44. The molecule has 4 heteroatoms. The Hall–Kier alpha value is -1.84. The van der Waals surface area contributed by atoms with Gasteiger partial charge < -0.3 is 10.1 Å². The van der Waals surface area contributed by atoms with Crippen LogP contribution in [0.4, 0.5) is 0 Å². The third kappa shape index (κ3) is 8.15. The van der Waals surface area contributed by atoms with E-state index in [-0.39, 0.29) is 24.3 Å². The van der Waals surface area contributed by atoms with Crippen molar-refractivity contribution in [3.63, 3.8) is 0 Å². The van der Waals surface area contributed by atoms with Crippen LogP contribution in [0.3, 0.4) is 0 Å². The molecule has 2 rings (SSSR count). The Kier molecular flexibility index (Phi) is 11.5. The molecule has 0 aliphatic heterocycles. The summed E-state index contributed by atoms with van der Waals surface area (Å²) in [6.45, 7) is 5.49. The maximum absolute atomic E-state index is 12.7. The van der Waals surface area contributed by atoms with Gasteiger partial charge >= 0.3 is 5.97 Å². The van der Waals surface area contributed by atoms with Crippen molar-refractivity contribution in [1.29, 1.82) is 0 Å². The van der Waals surface area contributed by atoms with Crippen LogP contribution >= 0.6 is 12.4 Å². The molecule has 0 aromatic heterocycles. The molecule has 3 nitrogen and oxygen atoms in total. The first-order valence-electron chi connectivity index (χ1n) is 9.72. The maximum atomic E-state index is 12.7. The Balaban J connectivity index is 0.00000364. The number of ether oxygens (including phenoxy) is 1. The molecule has 0 aliphatic carbocycles. The van der Waals surface area contributed by atoms with Crippen LogP contribution in [-0.2, 0) is 9.53 Å². The Morgan fingerprint density at radius 3 is 2.04 bits per heavy atom. The molecule has 0 amide bonds. The van der Waals surface area contributed by atoms with E-state index in [1.807, 2.05) is 60.7 Å². The van der Waals surface area contributed by atoms with Gasteiger partial charge in [-0.15, -0.1) is 12.4 Å². The Bertz CT molecular complexity index is 594. The molecule has 0 fully saturated rings. The molecule has 2 aromatic carbocycles. The summed E-state index contributed by atoms with van der Waals surface area (Å²) < 4.78 is 5.59. The van der Waals surface area contributed by atoms with E-state index >= 15 is 0 Å². The number of nitrogens with one attached hydrogen (secondary N) is 1. The molecule has 0 radical (unpaired) electrons. The van der Waals surface area contributed by atoms with E-state index in [0.717, 1.165) is 11.1 Å². The Labute approximate surface area is 169 Å². The molecule has 0 spiro atoms. The van der Waals surface area contributed by atoms with Gasteiger partial charge in [0.1, 0.15) is 12.5 Å². The highest BCUT2D eigenvalue weighted by molar-refractivity contribution is 5.85. The molecule has 1 atom stereocenters. The van der Waals surface area contributed by atoms with Gasteiger partial charge in [0.25, 0.3) is 0 Å².